The van der Waals surface area contributed by atoms with Gasteiger partial charge in [0.05, 0.1) is 6.61 Å². The molecule has 0 radical (unpaired) electrons. The van der Waals surface area contributed by atoms with Gasteiger partial charge in [-0.05, 0) is 49.9 Å². The van der Waals surface area contributed by atoms with Gasteiger partial charge >= 0.3 is 0 Å². The fraction of sp³-hybridized carbons (Fsp3) is 0.538. The molecule has 0 amide bonds. The Balaban J connectivity index is 2.02. The van der Waals surface area contributed by atoms with Gasteiger partial charge in [0, 0.05) is 6.54 Å². The van der Waals surface area contributed by atoms with Crippen LogP contribution in [0.15, 0.2) is 24.3 Å². The fourth-order valence-electron chi connectivity index (χ4n) is 2.14. The van der Waals surface area contributed by atoms with E-state index in [2.05, 4.69) is 29.6 Å². The van der Waals surface area contributed by atoms with Crippen molar-refractivity contribution in [2.24, 2.45) is 0 Å². The summed E-state index contributed by atoms with van der Waals surface area (Å²) in [6, 6.07) is 8.55. The van der Waals surface area contributed by atoms with Gasteiger partial charge in [-0.1, -0.05) is 12.1 Å². The number of benzene rings is 1. The number of rotatable bonds is 3. The van der Waals surface area contributed by atoms with Gasteiger partial charge < -0.3 is 10.1 Å². The highest BCUT2D eigenvalue weighted by molar-refractivity contribution is 5.29. The summed E-state index contributed by atoms with van der Waals surface area (Å²) in [5, 5.41) is 3.44. The largest absolute Gasteiger partial charge is 0.494 e. The van der Waals surface area contributed by atoms with E-state index in [1.807, 2.05) is 6.92 Å². The van der Waals surface area contributed by atoms with Crippen LogP contribution < -0.4 is 10.1 Å². The van der Waals surface area contributed by atoms with Crippen molar-refractivity contribution >= 4 is 0 Å². The second-order valence-corrected chi connectivity index (χ2v) is 4.05. The first-order valence-corrected chi connectivity index (χ1v) is 5.83. The maximum atomic E-state index is 5.43. The molecule has 0 aromatic heterocycles. The van der Waals surface area contributed by atoms with Crippen LogP contribution in [0.4, 0.5) is 0 Å². The van der Waals surface area contributed by atoms with E-state index in [-0.39, 0.29) is 0 Å². The Morgan fingerprint density at radius 1 is 1.33 bits per heavy atom. The summed E-state index contributed by atoms with van der Waals surface area (Å²) in [4.78, 5) is 0. The summed E-state index contributed by atoms with van der Waals surface area (Å²) in [5.41, 5.74) is 1.44. The van der Waals surface area contributed by atoms with Gasteiger partial charge in [0.2, 0.25) is 0 Å². The first kappa shape index (κ1) is 10.5. The van der Waals surface area contributed by atoms with Crippen LogP contribution in [0.1, 0.15) is 31.2 Å². The molecular weight excluding hydrogens is 186 g/mol. The van der Waals surface area contributed by atoms with Crippen molar-refractivity contribution in [2.75, 3.05) is 19.7 Å². The van der Waals surface area contributed by atoms with E-state index < -0.39 is 0 Å². The first-order valence-electron chi connectivity index (χ1n) is 5.83. The summed E-state index contributed by atoms with van der Waals surface area (Å²) in [5.74, 6) is 1.67. The molecule has 82 valence electrons. The van der Waals surface area contributed by atoms with Crippen molar-refractivity contribution in [1.82, 2.24) is 5.32 Å². The van der Waals surface area contributed by atoms with Gasteiger partial charge in [-0.2, -0.15) is 0 Å². The fourth-order valence-corrected chi connectivity index (χ4v) is 2.14. The molecule has 0 saturated carbocycles. The highest BCUT2D eigenvalue weighted by Crippen LogP contribution is 2.24. The van der Waals surface area contributed by atoms with Crippen molar-refractivity contribution in [2.45, 2.75) is 25.7 Å². The van der Waals surface area contributed by atoms with Gasteiger partial charge in [-0.15, -0.1) is 0 Å². The van der Waals surface area contributed by atoms with Gasteiger partial charge in [-0.3, -0.25) is 0 Å². The Kier molecular flexibility index (Phi) is 3.62. The lowest BCUT2D eigenvalue weighted by Gasteiger charge is -2.23. The zero-order valence-electron chi connectivity index (χ0n) is 9.33. The molecule has 0 unspecified atom stereocenters. The topological polar surface area (TPSA) is 21.3 Å². The van der Waals surface area contributed by atoms with E-state index in [0.717, 1.165) is 18.9 Å². The van der Waals surface area contributed by atoms with E-state index in [1.165, 1.54) is 24.9 Å². The zero-order valence-corrected chi connectivity index (χ0v) is 9.33. The Morgan fingerprint density at radius 3 is 2.73 bits per heavy atom. The molecule has 1 aromatic rings. The molecule has 1 aliphatic rings. The van der Waals surface area contributed by atoms with Crippen molar-refractivity contribution in [1.29, 1.82) is 0 Å². The standard InChI is InChI=1S/C13H19NO/c1-2-15-13-7-5-11(6-8-13)12-4-3-9-14-10-12/h5-8,12,14H,2-4,9-10H2,1H3/t12-/m1/s1. The second-order valence-electron chi connectivity index (χ2n) is 4.05. The average molecular weight is 205 g/mol. The molecule has 0 spiro atoms. The lowest BCUT2D eigenvalue weighted by Crippen LogP contribution is -2.28. The molecular formula is C13H19NO. The predicted molar refractivity (Wildman–Crippen MR) is 62.5 cm³/mol. The van der Waals surface area contributed by atoms with Crippen molar-refractivity contribution < 1.29 is 4.74 Å². The average Bonchev–Trinajstić information content (AvgIpc) is 2.32. The maximum absolute atomic E-state index is 5.43. The monoisotopic (exact) mass is 205 g/mol. The number of piperidine rings is 1. The normalized spacial score (nSPS) is 21.3. The summed E-state index contributed by atoms with van der Waals surface area (Å²) in [7, 11) is 0. The van der Waals surface area contributed by atoms with Crippen LogP contribution in [0.25, 0.3) is 0 Å². The molecule has 2 heteroatoms. The van der Waals surface area contributed by atoms with E-state index >= 15 is 0 Å². The molecule has 1 N–H and O–H groups in total. The summed E-state index contributed by atoms with van der Waals surface area (Å²) in [6.45, 7) is 5.05. The molecule has 1 saturated heterocycles. The molecule has 2 rings (SSSR count). The van der Waals surface area contributed by atoms with E-state index in [1.54, 1.807) is 0 Å². The van der Waals surface area contributed by atoms with Gasteiger partial charge in [0.15, 0.2) is 0 Å². The Hall–Kier alpha value is -1.02. The smallest absolute Gasteiger partial charge is 0.119 e. The summed E-state index contributed by atoms with van der Waals surface area (Å²) in [6.07, 6.45) is 2.60. The van der Waals surface area contributed by atoms with E-state index in [0.29, 0.717) is 5.92 Å². The number of nitrogens with one attached hydrogen (secondary N) is 1. The molecule has 15 heavy (non-hydrogen) atoms. The molecule has 2 nitrogen and oxygen atoms in total. The molecule has 1 aliphatic heterocycles. The summed E-state index contributed by atoms with van der Waals surface area (Å²) < 4.78 is 5.43. The van der Waals surface area contributed by atoms with Gasteiger partial charge in [0.25, 0.3) is 0 Å². The molecule has 1 atom stereocenters. The first-order chi connectivity index (χ1) is 7.40. The van der Waals surface area contributed by atoms with Crippen molar-refractivity contribution in [3.05, 3.63) is 29.8 Å². The van der Waals surface area contributed by atoms with Crippen LogP contribution in [0.5, 0.6) is 5.75 Å². The highest BCUT2D eigenvalue weighted by Gasteiger charge is 2.14. The predicted octanol–water partition coefficient (Wildman–Crippen LogP) is 2.55. The Labute approximate surface area is 91.6 Å². The molecule has 0 aliphatic carbocycles. The minimum absolute atomic E-state index is 0.689. The third-order valence-corrected chi connectivity index (χ3v) is 2.96. The van der Waals surface area contributed by atoms with Crippen molar-refractivity contribution in [3.8, 4) is 5.75 Å². The molecule has 1 fully saturated rings. The van der Waals surface area contributed by atoms with Crippen LogP contribution in [-0.4, -0.2) is 19.7 Å². The minimum atomic E-state index is 0.689. The lowest BCUT2D eigenvalue weighted by atomic mass is 9.92. The third kappa shape index (κ3) is 2.72. The zero-order chi connectivity index (χ0) is 10.5. The molecule has 1 heterocycles. The quantitative estimate of drug-likeness (QED) is 0.818. The maximum Gasteiger partial charge on any atom is 0.119 e. The van der Waals surface area contributed by atoms with Crippen LogP contribution in [0, 0.1) is 0 Å². The van der Waals surface area contributed by atoms with Crippen LogP contribution in [-0.2, 0) is 0 Å². The number of ether oxygens (including phenoxy) is 1. The van der Waals surface area contributed by atoms with Crippen LogP contribution >= 0.6 is 0 Å². The SMILES string of the molecule is CCOc1ccc([C@@H]2CCCNC2)cc1. The van der Waals surface area contributed by atoms with Crippen molar-refractivity contribution in [3.63, 3.8) is 0 Å². The molecule has 1 aromatic carbocycles. The Morgan fingerprint density at radius 2 is 2.13 bits per heavy atom. The molecule has 0 bridgehead atoms. The lowest BCUT2D eigenvalue weighted by molar-refractivity contribution is 0.340. The Bertz CT molecular complexity index is 288. The third-order valence-electron chi connectivity index (χ3n) is 2.96. The number of hydrogen-bond acceptors (Lipinski definition) is 2. The summed E-state index contributed by atoms with van der Waals surface area (Å²) >= 11 is 0. The van der Waals surface area contributed by atoms with Crippen LogP contribution in [0.2, 0.25) is 0 Å². The van der Waals surface area contributed by atoms with E-state index in [9.17, 15) is 0 Å². The van der Waals surface area contributed by atoms with Gasteiger partial charge in [-0.25, -0.2) is 0 Å². The minimum Gasteiger partial charge on any atom is -0.494 e. The number of hydrogen-bond donors (Lipinski definition) is 1. The van der Waals surface area contributed by atoms with E-state index in [4.69, 9.17) is 4.74 Å². The highest BCUT2D eigenvalue weighted by atomic mass is 16.5. The van der Waals surface area contributed by atoms with Gasteiger partial charge in [0.1, 0.15) is 5.75 Å². The second kappa shape index (κ2) is 5.17. The van der Waals surface area contributed by atoms with Crippen LogP contribution in [0.3, 0.4) is 0 Å².